The average Bonchev–Trinajstić information content (AvgIpc) is 2.50. The summed E-state index contributed by atoms with van der Waals surface area (Å²) in [5.41, 5.74) is 0.421. The summed E-state index contributed by atoms with van der Waals surface area (Å²) in [6, 6.07) is 0.622. The second kappa shape index (κ2) is 6.17. The number of hydrogen-bond donors (Lipinski definition) is 2. The molecule has 0 bridgehead atoms. The van der Waals surface area contributed by atoms with Crippen LogP contribution in [-0.4, -0.2) is 49.3 Å². The molecule has 3 heteroatoms. The Morgan fingerprint density at radius 2 is 2.12 bits per heavy atom. The van der Waals surface area contributed by atoms with Crippen molar-refractivity contribution in [3.8, 4) is 0 Å². The zero-order valence-electron chi connectivity index (χ0n) is 12.2. The summed E-state index contributed by atoms with van der Waals surface area (Å²) in [6.45, 7) is 8.73. The third-order valence-corrected chi connectivity index (χ3v) is 4.26. The van der Waals surface area contributed by atoms with Crippen molar-refractivity contribution >= 4 is 0 Å². The number of hydrogen-bond acceptors (Lipinski definition) is 3. The maximum atomic E-state index is 9.30. The van der Waals surface area contributed by atoms with E-state index in [-0.39, 0.29) is 6.10 Å². The topological polar surface area (TPSA) is 35.5 Å². The zero-order valence-corrected chi connectivity index (χ0v) is 12.2. The molecule has 2 N–H and O–H groups in total. The van der Waals surface area contributed by atoms with E-state index in [9.17, 15) is 5.11 Å². The van der Waals surface area contributed by atoms with Crippen molar-refractivity contribution in [1.29, 1.82) is 0 Å². The van der Waals surface area contributed by atoms with Crippen LogP contribution in [-0.2, 0) is 0 Å². The smallest absolute Gasteiger partial charge is 0.0524 e. The van der Waals surface area contributed by atoms with Gasteiger partial charge in [0.25, 0.3) is 0 Å². The Hall–Kier alpha value is -0.120. The van der Waals surface area contributed by atoms with E-state index < -0.39 is 0 Å². The van der Waals surface area contributed by atoms with Crippen molar-refractivity contribution in [3.05, 3.63) is 0 Å². The lowest BCUT2D eigenvalue weighted by Gasteiger charge is -2.32. The van der Waals surface area contributed by atoms with E-state index in [0.29, 0.717) is 11.5 Å². The average molecular weight is 242 g/mol. The molecule has 1 fully saturated rings. The molecule has 3 nitrogen and oxygen atoms in total. The summed E-state index contributed by atoms with van der Waals surface area (Å²) in [5.74, 6) is 0.744. The standard InChI is InChI=1S/C14H30N2O/c1-11(17)7-9-16(5)10-12-6-8-14(2,3)13(12)15-4/h11-13,15,17H,6-10H2,1-5H3. The van der Waals surface area contributed by atoms with Gasteiger partial charge in [0, 0.05) is 19.1 Å². The summed E-state index contributed by atoms with van der Waals surface area (Å²) in [7, 11) is 4.25. The molecule has 0 aromatic carbocycles. The maximum Gasteiger partial charge on any atom is 0.0524 e. The highest BCUT2D eigenvalue weighted by atomic mass is 16.3. The van der Waals surface area contributed by atoms with Crippen LogP contribution in [0, 0.1) is 11.3 Å². The molecular formula is C14H30N2O. The first-order valence-electron chi connectivity index (χ1n) is 6.90. The molecule has 3 unspecified atom stereocenters. The molecule has 17 heavy (non-hydrogen) atoms. The normalized spacial score (nSPS) is 29.8. The van der Waals surface area contributed by atoms with Crippen LogP contribution in [0.5, 0.6) is 0 Å². The Morgan fingerprint density at radius 1 is 1.47 bits per heavy atom. The highest BCUT2D eigenvalue weighted by molar-refractivity contribution is 4.96. The Labute approximate surface area is 107 Å². The Kier molecular flexibility index (Phi) is 5.42. The van der Waals surface area contributed by atoms with Crippen molar-refractivity contribution in [3.63, 3.8) is 0 Å². The molecule has 0 heterocycles. The summed E-state index contributed by atoms with van der Waals surface area (Å²) >= 11 is 0. The number of rotatable bonds is 6. The molecule has 0 radical (unpaired) electrons. The van der Waals surface area contributed by atoms with Gasteiger partial charge in [0.1, 0.15) is 0 Å². The first kappa shape index (κ1) is 14.9. The number of aliphatic hydroxyl groups is 1. The third-order valence-electron chi connectivity index (χ3n) is 4.26. The van der Waals surface area contributed by atoms with Gasteiger partial charge < -0.3 is 15.3 Å². The monoisotopic (exact) mass is 242 g/mol. The highest BCUT2D eigenvalue weighted by Crippen LogP contribution is 2.41. The molecule has 1 aliphatic rings. The van der Waals surface area contributed by atoms with Crippen molar-refractivity contribution in [1.82, 2.24) is 10.2 Å². The molecule has 0 saturated heterocycles. The minimum atomic E-state index is -0.183. The summed E-state index contributed by atoms with van der Waals surface area (Å²) in [4.78, 5) is 2.36. The first-order valence-corrected chi connectivity index (χ1v) is 6.90. The van der Waals surface area contributed by atoms with E-state index in [2.05, 4.69) is 38.2 Å². The van der Waals surface area contributed by atoms with E-state index in [1.165, 1.54) is 12.8 Å². The molecule has 1 saturated carbocycles. The van der Waals surface area contributed by atoms with Crippen molar-refractivity contribution in [2.24, 2.45) is 11.3 Å². The van der Waals surface area contributed by atoms with Crippen LogP contribution in [0.3, 0.4) is 0 Å². The first-order chi connectivity index (χ1) is 7.86. The molecule has 1 aliphatic carbocycles. The fraction of sp³-hybridized carbons (Fsp3) is 1.00. The lowest BCUT2D eigenvalue weighted by molar-refractivity contribution is 0.152. The molecule has 0 aliphatic heterocycles. The van der Waals surface area contributed by atoms with Crippen LogP contribution < -0.4 is 5.32 Å². The third kappa shape index (κ3) is 4.23. The molecule has 1 rings (SSSR count). The van der Waals surface area contributed by atoms with Crippen LogP contribution in [0.15, 0.2) is 0 Å². The summed E-state index contributed by atoms with van der Waals surface area (Å²) < 4.78 is 0. The van der Waals surface area contributed by atoms with Crippen molar-refractivity contribution in [2.45, 2.75) is 52.2 Å². The van der Waals surface area contributed by atoms with E-state index in [0.717, 1.165) is 25.4 Å². The molecular weight excluding hydrogens is 212 g/mol. The minimum Gasteiger partial charge on any atom is -0.393 e. The van der Waals surface area contributed by atoms with Gasteiger partial charge in [0.05, 0.1) is 6.10 Å². The van der Waals surface area contributed by atoms with Gasteiger partial charge in [-0.1, -0.05) is 13.8 Å². The van der Waals surface area contributed by atoms with Gasteiger partial charge in [-0.25, -0.2) is 0 Å². The number of nitrogens with one attached hydrogen (secondary N) is 1. The summed E-state index contributed by atoms with van der Waals surface area (Å²) in [6.07, 6.45) is 3.32. The molecule has 102 valence electrons. The van der Waals surface area contributed by atoms with Crippen LogP contribution in [0.2, 0.25) is 0 Å². The SMILES string of the molecule is CNC1C(CN(C)CCC(C)O)CCC1(C)C. The number of aliphatic hydroxyl groups excluding tert-OH is 1. The van der Waals surface area contributed by atoms with E-state index in [4.69, 9.17) is 0 Å². The van der Waals surface area contributed by atoms with Crippen LogP contribution >= 0.6 is 0 Å². The minimum absolute atomic E-state index is 0.183. The second-order valence-corrected chi connectivity index (χ2v) is 6.45. The van der Waals surface area contributed by atoms with Gasteiger partial charge in [0.15, 0.2) is 0 Å². The fourth-order valence-electron chi connectivity index (χ4n) is 3.24. The van der Waals surface area contributed by atoms with Gasteiger partial charge >= 0.3 is 0 Å². The predicted octanol–water partition coefficient (Wildman–Crippen LogP) is 1.71. The van der Waals surface area contributed by atoms with Gasteiger partial charge in [-0.3, -0.25) is 0 Å². The lowest BCUT2D eigenvalue weighted by Crippen LogP contribution is -2.43. The van der Waals surface area contributed by atoms with E-state index in [1.807, 2.05) is 6.92 Å². The van der Waals surface area contributed by atoms with Crippen LogP contribution in [0.25, 0.3) is 0 Å². The van der Waals surface area contributed by atoms with Gasteiger partial charge in [-0.05, 0) is 51.6 Å². The largest absolute Gasteiger partial charge is 0.393 e. The predicted molar refractivity (Wildman–Crippen MR) is 73.1 cm³/mol. The van der Waals surface area contributed by atoms with Gasteiger partial charge in [-0.2, -0.15) is 0 Å². The molecule has 3 atom stereocenters. The maximum absolute atomic E-state index is 9.30. The molecule has 0 aromatic rings. The van der Waals surface area contributed by atoms with Crippen molar-refractivity contribution in [2.75, 3.05) is 27.2 Å². The fourth-order valence-corrected chi connectivity index (χ4v) is 3.24. The molecule has 0 spiro atoms. The van der Waals surface area contributed by atoms with E-state index >= 15 is 0 Å². The Morgan fingerprint density at radius 3 is 2.65 bits per heavy atom. The molecule has 0 aromatic heterocycles. The highest BCUT2D eigenvalue weighted by Gasteiger charge is 2.40. The summed E-state index contributed by atoms with van der Waals surface area (Å²) in [5, 5.41) is 12.8. The van der Waals surface area contributed by atoms with Gasteiger partial charge in [-0.15, -0.1) is 0 Å². The van der Waals surface area contributed by atoms with Crippen LogP contribution in [0.4, 0.5) is 0 Å². The van der Waals surface area contributed by atoms with Crippen LogP contribution in [0.1, 0.15) is 40.0 Å². The molecule has 0 amide bonds. The van der Waals surface area contributed by atoms with Crippen molar-refractivity contribution < 1.29 is 5.11 Å². The van der Waals surface area contributed by atoms with Gasteiger partial charge in [0.2, 0.25) is 0 Å². The number of nitrogens with zero attached hydrogens (tertiary/aromatic N) is 1. The quantitative estimate of drug-likeness (QED) is 0.744. The Balaban J connectivity index is 2.41. The Bertz CT molecular complexity index is 228. The van der Waals surface area contributed by atoms with E-state index in [1.54, 1.807) is 0 Å². The zero-order chi connectivity index (χ0) is 13.1. The second-order valence-electron chi connectivity index (χ2n) is 6.45. The lowest BCUT2D eigenvalue weighted by atomic mass is 9.85.